The number of allylic oxidation sites excluding steroid dienone is 4. The van der Waals surface area contributed by atoms with E-state index in [-0.39, 0.29) is 0 Å². The third-order valence-corrected chi connectivity index (χ3v) is 4.89. The molecule has 0 amide bonds. The molecule has 3 rings (SSSR count). The van der Waals surface area contributed by atoms with E-state index in [9.17, 15) is 0 Å². The molecule has 1 aliphatic carbocycles. The number of hydrogen-bond donors (Lipinski definition) is 1. The van der Waals surface area contributed by atoms with Gasteiger partial charge in [-0.2, -0.15) is 0 Å². The fourth-order valence-corrected chi connectivity index (χ4v) is 3.21. The first kappa shape index (κ1) is 21.3. The number of hydrogen-bond acceptors (Lipinski definition) is 3. The van der Waals surface area contributed by atoms with Gasteiger partial charge in [-0.3, -0.25) is 9.71 Å². The summed E-state index contributed by atoms with van der Waals surface area (Å²) in [6, 6.07) is 10.2. The van der Waals surface area contributed by atoms with Crippen LogP contribution in [0.25, 0.3) is 0 Å². The van der Waals surface area contributed by atoms with Gasteiger partial charge >= 0.3 is 0 Å². The molecule has 0 saturated heterocycles. The predicted molar refractivity (Wildman–Crippen MR) is 118 cm³/mol. The molecule has 0 radical (unpaired) electrons. The summed E-state index contributed by atoms with van der Waals surface area (Å²) in [6.45, 7) is 4.69. The minimum Gasteiger partial charge on any atom is -0.263 e. The highest BCUT2D eigenvalue weighted by molar-refractivity contribution is 7.97. The monoisotopic (exact) mass is 396 g/mol. The molecule has 0 unspecified atom stereocenters. The Morgan fingerprint density at radius 2 is 1.93 bits per heavy atom. The van der Waals surface area contributed by atoms with Crippen molar-refractivity contribution in [2.24, 2.45) is 0 Å². The van der Waals surface area contributed by atoms with Gasteiger partial charge in [0.2, 0.25) is 0 Å². The van der Waals surface area contributed by atoms with E-state index in [2.05, 4.69) is 64.0 Å². The highest BCUT2D eigenvalue weighted by atomic mass is 35.5. The summed E-state index contributed by atoms with van der Waals surface area (Å²) in [4.78, 5) is 5.13. The molecule has 1 aliphatic rings. The minimum absolute atomic E-state index is 0.683. The maximum Gasteiger partial charge on any atom is 0.0634 e. The van der Waals surface area contributed by atoms with E-state index in [4.69, 9.17) is 11.6 Å². The van der Waals surface area contributed by atoms with Crippen LogP contribution in [-0.4, -0.2) is 4.98 Å². The summed E-state index contributed by atoms with van der Waals surface area (Å²) < 4.78 is 3.32. The molecule has 2 nitrogen and oxygen atoms in total. The molecule has 0 atom stereocenters. The van der Waals surface area contributed by atoms with Gasteiger partial charge < -0.3 is 0 Å². The Balaban J connectivity index is 0.00000126. The fraction of sp³-hybridized carbons (Fsp3) is 0.261. The van der Waals surface area contributed by atoms with E-state index < -0.39 is 0 Å². The molecule has 1 aromatic heterocycles. The summed E-state index contributed by atoms with van der Waals surface area (Å²) in [5.41, 5.74) is 3.18. The van der Waals surface area contributed by atoms with E-state index in [1.807, 2.05) is 19.9 Å². The van der Waals surface area contributed by atoms with Crippen LogP contribution in [-0.2, 0) is 6.54 Å². The highest BCUT2D eigenvalue weighted by Crippen LogP contribution is 2.18. The zero-order chi connectivity index (χ0) is 19.3. The lowest BCUT2D eigenvalue weighted by Gasteiger charge is -2.05. The number of aromatic nitrogens is 1. The Morgan fingerprint density at radius 1 is 1.11 bits per heavy atom. The number of nitrogens with one attached hydrogen (secondary N) is 1. The van der Waals surface area contributed by atoms with E-state index in [0.29, 0.717) is 11.6 Å². The van der Waals surface area contributed by atoms with Crippen LogP contribution in [0, 0.1) is 11.8 Å². The van der Waals surface area contributed by atoms with Crippen molar-refractivity contribution >= 4 is 23.5 Å². The first-order chi connectivity index (χ1) is 13.3. The molecule has 0 saturated carbocycles. The van der Waals surface area contributed by atoms with Crippen LogP contribution >= 0.6 is 23.5 Å². The maximum absolute atomic E-state index is 6.10. The van der Waals surface area contributed by atoms with Crippen molar-refractivity contribution in [1.29, 1.82) is 0 Å². The van der Waals surface area contributed by atoms with Crippen molar-refractivity contribution in [2.45, 2.75) is 44.6 Å². The Kier molecular flexibility index (Phi) is 9.79. The average Bonchev–Trinajstić information content (AvgIpc) is 2.99. The molecule has 1 N–H and O–H groups in total. The van der Waals surface area contributed by atoms with Gasteiger partial charge in [0.05, 0.1) is 5.02 Å². The van der Waals surface area contributed by atoms with Crippen LogP contribution in [0.4, 0.5) is 0 Å². The molecule has 1 aromatic carbocycles. The molecule has 0 aliphatic heterocycles. The van der Waals surface area contributed by atoms with Gasteiger partial charge in [-0.05, 0) is 67.1 Å². The second-order valence-electron chi connectivity index (χ2n) is 5.66. The molecule has 0 spiro atoms. The van der Waals surface area contributed by atoms with E-state index >= 15 is 0 Å². The van der Waals surface area contributed by atoms with Crippen LogP contribution in [0.2, 0.25) is 5.02 Å². The van der Waals surface area contributed by atoms with Crippen LogP contribution in [0.15, 0.2) is 71.4 Å². The number of halogens is 1. The molecule has 140 valence electrons. The fourth-order valence-electron chi connectivity index (χ4n) is 2.36. The van der Waals surface area contributed by atoms with Crippen molar-refractivity contribution < 1.29 is 0 Å². The number of rotatable bonds is 4. The van der Waals surface area contributed by atoms with Crippen molar-refractivity contribution in [2.75, 3.05) is 0 Å². The average molecular weight is 397 g/mol. The Morgan fingerprint density at radius 3 is 2.70 bits per heavy atom. The number of nitrogens with zero attached hydrogens (tertiary/aromatic N) is 1. The smallest absolute Gasteiger partial charge is 0.0634 e. The first-order valence-electron chi connectivity index (χ1n) is 9.28. The summed E-state index contributed by atoms with van der Waals surface area (Å²) >= 11 is 7.68. The largest absolute Gasteiger partial charge is 0.263 e. The van der Waals surface area contributed by atoms with Crippen LogP contribution in [0.1, 0.15) is 44.2 Å². The molecule has 0 fully saturated rings. The van der Waals surface area contributed by atoms with Crippen molar-refractivity contribution in [3.63, 3.8) is 0 Å². The molecular weight excluding hydrogens is 372 g/mol. The number of pyridine rings is 1. The molecule has 27 heavy (non-hydrogen) atoms. The lowest BCUT2D eigenvalue weighted by atomic mass is 10.2. The van der Waals surface area contributed by atoms with Crippen LogP contribution < -0.4 is 4.72 Å². The highest BCUT2D eigenvalue weighted by Gasteiger charge is 2.00. The second-order valence-corrected chi connectivity index (χ2v) is 7.03. The summed E-state index contributed by atoms with van der Waals surface area (Å²) in [5.74, 6) is 6.48. The summed E-state index contributed by atoms with van der Waals surface area (Å²) in [6.07, 6.45) is 13.4. The van der Waals surface area contributed by atoms with E-state index in [1.54, 1.807) is 24.3 Å². The zero-order valence-corrected chi connectivity index (χ0v) is 17.4. The topological polar surface area (TPSA) is 24.9 Å². The lowest BCUT2D eigenvalue weighted by Crippen LogP contribution is -2.03. The summed E-state index contributed by atoms with van der Waals surface area (Å²) in [5, 5.41) is 0.683. The van der Waals surface area contributed by atoms with Crippen molar-refractivity contribution in [1.82, 2.24) is 9.71 Å². The van der Waals surface area contributed by atoms with Crippen LogP contribution in [0.3, 0.4) is 0 Å². The quantitative estimate of drug-likeness (QED) is 0.466. The van der Waals surface area contributed by atoms with Gasteiger partial charge in [-0.15, -0.1) is 0 Å². The molecule has 2 aromatic rings. The number of benzene rings is 1. The SMILES string of the molecule is CC.Clc1cnccc1CNSc1ccc(C#CC2=CCCCC=C2)cc1. The molecule has 1 heterocycles. The lowest BCUT2D eigenvalue weighted by molar-refractivity contribution is 0.875. The Labute approximate surface area is 172 Å². The predicted octanol–water partition coefficient (Wildman–Crippen LogP) is 6.58. The maximum atomic E-state index is 6.10. The molecule has 0 bridgehead atoms. The Hall–Kier alpha value is -1.99. The third-order valence-electron chi connectivity index (χ3n) is 3.75. The Bertz CT molecular complexity index is 829. The van der Waals surface area contributed by atoms with Gasteiger partial charge in [-0.25, -0.2) is 0 Å². The standard InChI is InChI=1S/C21H19ClN2S.C2H6/c22-21-16-23-14-13-19(21)15-24-25-20-11-9-18(10-12-20)8-7-17-5-3-1-2-4-6-17;1-2/h3,5-6,9-14,16,24H,1-2,4,15H2;1-2H3. The summed E-state index contributed by atoms with van der Waals surface area (Å²) in [7, 11) is 0. The molecule has 4 heteroatoms. The van der Waals surface area contributed by atoms with Crippen molar-refractivity contribution in [3.8, 4) is 11.8 Å². The van der Waals surface area contributed by atoms with Gasteiger partial charge in [0.1, 0.15) is 0 Å². The normalized spacial score (nSPS) is 12.8. The van der Waals surface area contributed by atoms with E-state index in [1.165, 1.54) is 6.42 Å². The molecular formula is C23H25ClN2S. The van der Waals surface area contributed by atoms with Gasteiger partial charge in [0, 0.05) is 35.0 Å². The third kappa shape index (κ3) is 7.64. The zero-order valence-electron chi connectivity index (χ0n) is 15.8. The first-order valence-corrected chi connectivity index (χ1v) is 10.5. The van der Waals surface area contributed by atoms with Crippen molar-refractivity contribution in [3.05, 3.63) is 82.7 Å². The van der Waals surface area contributed by atoms with Gasteiger partial charge in [-0.1, -0.05) is 55.5 Å². The van der Waals surface area contributed by atoms with Crippen LogP contribution in [0.5, 0.6) is 0 Å². The van der Waals surface area contributed by atoms with E-state index in [0.717, 1.165) is 34.4 Å². The van der Waals surface area contributed by atoms with Gasteiger partial charge in [0.15, 0.2) is 0 Å². The second kappa shape index (κ2) is 12.4. The van der Waals surface area contributed by atoms with Gasteiger partial charge in [0.25, 0.3) is 0 Å². The minimum atomic E-state index is 0.683.